The number of rotatable bonds is 7. The molecule has 25 heavy (non-hydrogen) atoms. The SMILES string of the molecule is COc1cc(CCC(=O)Oc2ccc(Br)cc2F)cc(OC)c1OC. The lowest BCUT2D eigenvalue weighted by atomic mass is 10.1. The van der Waals surface area contributed by atoms with Crippen molar-refractivity contribution in [2.45, 2.75) is 12.8 Å². The number of halogens is 2. The van der Waals surface area contributed by atoms with Gasteiger partial charge in [0.05, 0.1) is 21.3 Å². The van der Waals surface area contributed by atoms with Crippen molar-refractivity contribution in [1.29, 1.82) is 0 Å². The summed E-state index contributed by atoms with van der Waals surface area (Å²) in [6, 6.07) is 7.76. The zero-order valence-electron chi connectivity index (χ0n) is 14.1. The molecule has 0 unspecified atom stereocenters. The Bertz CT molecular complexity index is 738. The van der Waals surface area contributed by atoms with E-state index < -0.39 is 11.8 Å². The van der Waals surface area contributed by atoms with Crippen molar-refractivity contribution in [2.24, 2.45) is 0 Å². The standard InChI is InChI=1S/C18H18BrFO5/c1-22-15-8-11(9-16(23-2)18(15)24-3)4-7-17(21)25-14-6-5-12(19)10-13(14)20/h5-6,8-10H,4,7H2,1-3H3. The summed E-state index contributed by atoms with van der Waals surface area (Å²) in [5.41, 5.74) is 0.808. The Morgan fingerprint density at radius 2 is 1.64 bits per heavy atom. The Morgan fingerprint density at radius 1 is 1.00 bits per heavy atom. The molecule has 7 heteroatoms. The first-order valence-corrected chi connectivity index (χ1v) is 8.22. The third kappa shape index (κ3) is 4.85. The van der Waals surface area contributed by atoms with Crippen LogP contribution in [0.4, 0.5) is 4.39 Å². The van der Waals surface area contributed by atoms with Crippen LogP contribution in [-0.4, -0.2) is 27.3 Å². The van der Waals surface area contributed by atoms with Gasteiger partial charge in [-0.15, -0.1) is 0 Å². The van der Waals surface area contributed by atoms with E-state index in [0.717, 1.165) is 5.56 Å². The monoisotopic (exact) mass is 412 g/mol. The molecule has 0 heterocycles. The van der Waals surface area contributed by atoms with Crippen LogP contribution >= 0.6 is 15.9 Å². The van der Waals surface area contributed by atoms with Gasteiger partial charge in [0.1, 0.15) is 0 Å². The van der Waals surface area contributed by atoms with Gasteiger partial charge in [0.15, 0.2) is 23.1 Å². The smallest absolute Gasteiger partial charge is 0.311 e. The van der Waals surface area contributed by atoms with Crippen LogP contribution in [0.5, 0.6) is 23.0 Å². The highest BCUT2D eigenvalue weighted by molar-refractivity contribution is 9.10. The zero-order valence-corrected chi connectivity index (χ0v) is 15.7. The molecule has 0 aliphatic heterocycles. The first-order valence-electron chi connectivity index (χ1n) is 7.43. The quantitative estimate of drug-likeness (QED) is 0.504. The van der Waals surface area contributed by atoms with E-state index in [9.17, 15) is 9.18 Å². The molecule has 0 fully saturated rings. The summed E-state index contributed by atoms with van der Waals surface area (Å²) in [7, 11) is 4.56. The highest BCUT2D eigenvalue weighted by Crippen LogP contribution is 2.38. The van der Waals surface area contributed by atoms with Gasteiger partial charge < -0.3 is 18.9 Å². The lowest BCUT2D eigenvalue weighted by Gasteiger charge is -2.14. The highest BCUT2D eigenvalue weighted by atomic mass is 79.9. The molecular weight excluding hydrogens is 395 g/mol. The topological polar surface area (TPSA) is 54.0 Å². The number of hydrogen-bond acceptors (Lipinski definition) is 5. The number of methoxy groups -OCH3 is 3. The third-order valence-corrected chi connectivity index (χ3v) is 3.95. The third-order valence-electron chi connectivity index (χ3n) is 3.46. The van der Waals surface area contributed by atoms with E-state index in [4.69, 9.17) is 18.9 Å². The number of carbonyl (C=O) groups excluding carboxylic acids is 1. The Labute approximate surface area is 153 Å². The lowest BCUT2D eigenvalue weighted by molar-refractivity contribution is -0.134. The number of esters is 1. The summed E-state index contributed by atoms with van der Waals surface area (Å²) in [5, 5.41) is 0. The van der Waals surface area contributed by atoms with E-state index in [2.05, 4.69) is 15.9 Å². The van der Waals surface area contributed by atoms with Gasteiger partial charge in [-0.2, -0.15) is 0 Å². The fourth-order valence-electron chi connectivity index (χ4n) is 2.26. The molecule has 0 aliphatic carbocycles. The summed E-state index contributed by atoms with van der Waals surface area (Å²) in [6.07, 6.45) is 0.460. The number of benzene rings is 2. The molecule has 0 atom stereocenters. The molecule has 0 saturated carbocycles. The molecule has 134 valence electrons. The number of carbonyl (C=O) groups is 1. The minimum absolute atomic E-state index is 0.0775. The summed E-state index contributed by atoms with van der Waals surface area (Å²) in [4.78, 5) is 12.0. The van der Waals surface area contributed by atoms with Crippen molar-refractivity contribution in [3.8, 4) is 23.0 Å². The van der Waals surface area contributed by atoms with Crippen LogP contribution in [0.1, 0.15) is 12.0 Å². The van der Waals surface area contributed by atoms with Crippen LogP contribution in [-0.2, 0) is 11.2 Å². The maximum Gasteiger partial charge on any atom is 0.311 e. The van der Waals surface area contributed by atoms with Gasteiger partial charge in [0.25, 0.3) is 0 Å². The predicted molar refractivity (Wildman–Crippen MR) is 94.2 cm³/mol. The number of aryl methyl sites for hydroxylation is 1. The van der Waals surface area contributed by atoms with E-state index in [1.54, 1.807) is 18.2 Å². The van der Waals surface area contributed by atoms with E-state index in [1.807, 2.05) is 0 Å². The second kappa shape index (κ2) is 8.71. The van der Waals surface area contributed by atoms with Gasteiger partial charge in [0.2, 0.25) is 5.75 Å². The van der Waals surface area contributed by atoms with Crippen molar-refractivity contribution < 1.29 is 28.1 Å². The van der Waals surface area contributed by atoms with Crippen molar-refractivity contribution >= 4 is 21.9 Å². The molecule has 2 aromatic carbocycles. The van der Waals surface area contributed by atoms with Gasteiger partial charge in [-0.1, -0.05) is 15.9 Å². The molecule has 2 aromatic rings. The van der Waals surface area contributed by atoms with Crippen LogP contribution in [0, 0.1) is 5.82 Å². The van der Waals surface area contributed by atoms with Gasteiger partial charge in [0, 0.05) is 10.9 Å². The van der Waals surface area contributed by atoms with Crippen LogP contribution in [0.3, 0.4) is 0 Å². The molecule has 0 aromatic heterocycles. The Morgan fingerprint density at radius 3 is 2.16 bits per heavy atom. The van der Waals surface area contributed by atoms with Crippen LogP contribution in [0.2, 0.25) is 0 Å². The summed E-state index contributed by atoms with van der Waals surface area (Å²) < 4.78 is 35.1. The van der Waals surface area contributed by atoms with Gasteiger partial charge in [-0.25, -0.2) is 4.39 Å². The largest absolute Gasteiger partial charge is 0.493 e. The molecule has 0 N–H and O–H groups in total. The summed E-state index contributed by atoms with van der Waals surface area (Å²) >= 11 is 3.15. The Balaban J connectivity index is 2.06. The van der Waals surface area contributed by atoms with E-state index in [1.165, 1.54) is 33.5 Å². The lowest BCUT2D eigenvalue weighted by Crippen LogP contribution is -2.10. The average Bonchev–Trinajstić information content (AvgIpc) is 2.61. The number of ether oxygens (including phenoxy) is 4. The van der Waals surface area contributed by atoms with Crippen LogP contribution < -0.4 is 18.9 Å². The summed E-state index contributed by atoms with van der Waals surface area (Å²) in [6.45, 7) is 0. The van der Waals surface area contributed by atoms with Crippen molar-refractivity contribution in [2.75, 3.05) is 21.3 Å². The van der Waals surface area contributed by atoms with Crippen molar-refractivity contribution in [3.05, 3.63) is 46.2 Å². The normalized spacial score (nSPS) is 10.3. The second-order valence-electron chi connectivity index (χ2n) is 5.08. The van der Waals surface area contributed by atoms with Crippen LogP contribution in [0.15, 0.2) is 34.8 Å². The maximum absolute atomic E-state index is 13.7. The first kappa shape index (κ1) is 19.1. The van der Waals surface area contributed by atoms with Crippen LogP contribution in [0.25, 0.3) is 0 Å². The van der Waals surface area contributed by atoms with Gasteiger partial charge >= 0.3 is 5.97 Å². The Hall–Kier alpha value is -2.28. The van der Waals surface area contributed by atoms with E-state index in [0.29, 0.717) is 28.1 Å². The zero-order chi connectivity index (χ0) is 18.4. The minimum atomic E-state index is -0.601. The second-order valence-corrected chi connectivity index (χ2v) is 6.00. The van der Waals surface area contributed by atoms with Gasteiger partial charge in [-0.05, 0) is 42.3 Å². The van der Waals surface area contributed by atoms with E-state index >= 15 is 0 Å². The molecule has 0 saturated heterocycles. The van der Waals surface area contributed by atoms with Crippen molar-refractivity contribution in [1.82, 2.24) is 0 Å². The fourth-order valence-corrected chi connectivity index (χ4v) is 2.59. The molecule has 0 radical (unpaired) electrons. The minimum Gasteiger partial charge on any atom is -0.493 e. The Kier molecular flexibility index (Phi) is 6.64. The molecule has 0 amide bonds. The van der Waals surface area contributed by atoms with E-state index in [-0.39, 0.29) is 12.2 Å². The fraction of sp³-hybridized carbons (Fsp3) is 0.278. The highest BCUT2D eigenvalue weighted by Gasteiger charge is 2.15. The first-order chi connectivity index (χ1) is 12.0. The molecular formula is C18H18BrFO5. The predicted octanol–water partition coefficient (Wildman–Crippen LogP) is 4.15. The van der Waals surface area contributed by atoms with Gasteiger partial charge in [-0.3, -0.25) is 4.79 Å². The number of hydrogen-bond donors (Lipinski definition) is 0. The molecule has 0 spiro atoms. The molecule has 0 bridgehead atoms. The van der Waals surface area contributed by atoms with Crippen molar-refractivity contribution in [3.63, 3.8) is 0 Å². The molecule has 0 aliphatic rings. The average molecular weight is 413 g/mol. The summed E-state index contributed by atoms with van der Waals surface area (Å²) in [5.74, 6) is 0.255. The molecule has 2 rings (SSSR count). The maximum atomic E-state index is 13.7. The molecule has 5 nitrogen and oxygen atoms in total.